The van der Waals surface area contributed by atoms with Crippen molar-refractivity contribution < 1.29 is 18.7 Å². The maximum absolute atomic E-state index is 11.9. The van der Waals surface area contributed by atoms with E-state index in [0.717, 1.165) is 18.6 Å². The summed E-state index contributed by atoms with van der Waals surface area (Å²) in [6.45, 7) is 1.81. The lowest BCUT2D eigenvalue weighted by molar-refractivity contribution is -0.123. The van der Waals surface area contributed by atoms with Crippen molar-refractivity contribution in [1.29, 1.82) is 0 Å². The van der Waals surface area contributed by atoms with Crippen LogP contribution in [0.25, 0.3) is 0 Å². The minimum Gasteiger partial charge on any atom is -0.484 e. The number of ether oxygens (including phenoxy) is 1. The highest BCUT2D eigenvalue weighted by atomic mass is 16.5. The lowest BCUT2D eigenvalue weighted by atomic mass is 10.1. The van der Waals surface area contributed by atoms with E-state index >= 15 is 0 Å². The van der Waals surface area contributed by atoms with Crippen LogP contribution in [0.1, 0.15) is 29.5 Å². The zero-order valence-corrected chi connectivity index (χ0v) is 13.0. The standard InChI is InChI=1S/C17H20N2O4/c1-12(7-8-14-6-3-9-22-14)19-16(20)11-23-15-5-2-4-13(10-15)17(18)21/h2-6,9-10,12H,7-8,11H2,1H3,(H2,18,21)(H,19,20)/t12-/m0/s1. The molecule has 2 rings (SSSR count). The molecule has 0 aliphatic heterocycles. The van der Waals surface area contributed by atoms with Gasteiger partial charge in [0.05, 0.1) is 6.26 Å². The summed E-state index contributed by atoms with van der Waals surface area (Å²) in [5.41, 5.74) is 5.54. The summed E-state index contributed by atoms with van der Waals surface area (Å²) in [6.07, 6.45) is 3.17. The SMILES string of the molecule is C[C@@H](CCc1ccco1)NC(=O)COc1cccc(C(N)=O)c1. The third kappa shape index (κ3) is 5.50. The van der Waals surface area contributed by atoms with Gasteiger partial charge in [-0.05, 0) is 43.7 Å². The average molecular weight is 316 g/mol. The predicted octanol–water partition coefficient (Wildman–Crippen LogP) is 1.89. The van der Waals surface area contributed by atoms with Gasteiger partial charge < -0.3 is 20.2 Å². The van der Waals surface area contributed by atoms with Crippen LogP contribution < -0.4 is 15.8 Å². The maximum Gasteiger partial charge on any atom is 0.258 e. The molecule has 0 saturated heterocycles. The van der Waals surface area contributed by atoms with Crippen LogP contribution in [0.3, 0.4) is 0 Å². The highest BCUT2D eigenvalue weighted by Gasteiger charge is 2.10. The molecular weight excluding hydrogens is 296 g/mol. The Labute approximate surface area is 134 Å². The molecule has 0 aliphatic carbocycles. The average Bonchev–Trinajstić information content (AvgIpc) is 3.04. The molecule has 6 heteroatoms. The molecule has 0 aliphatic rings. The predicted molar refractivity (Wildman–Crippen MR) is 85.1 cm³/mol. The Hall–Kier alpha value is -2.76. The first-order valence-corrected chi connectivity index (χ1v) is 7.39. The highest BCUT2D eigenvalue weighted by Crippen LogP contribution is 2.12. The molecular formula is C17H20N2O4. The van der Waals surface area contributed by atoms with Crippen molar-refractivity contribution in [1.82, 2.24) is 5.32 Å². The first-order chi connectivity index (χ1) is 11.0. The van der Waals surface area contributed by atoms with Crippen LogP contribution in [0.5, 0.6) is 5.75 Å². The molecule has 2 amide bonds. The summed E-state index contributed by atoms with van der Waals surface area (Å²) in [6, 6.07) is 10.2. The van der Waals surface area contributed by atoms with Crippen molar-refractivity contribution in [2.45, 2.75) is 25.8 Å². The van der Waals surface area contributed by atoms with Crippen molar-refractivity contribution in [3.8, 4) is 5.75 Å². The number of nitrogens with one attached hydrogen (secondary N) is 1. The van der Waals surface area contributed by atoms with Gasteiger partial charge in [-0.3, -0.25) is 9.59 Å². The van der Waals surface area contributed by atoms with Gasteiger partial charge in [0, 0.05) is 18.0 Å². The second kappa shape index (κ2) is 8.03. The summed E-state index contributed by atoms with van der Waals surface area (Å²) in [5.74, 6) is 0.568. The van der Waals surface area contributed by atoms with E-state index in [-0.39, 0.29) is 18.6 Å². The molecule has 1 heterocycles. The van der Waals surface area contributed by atoms with Crippen LogP contribution in [-0.2, 0) is 11.2 Å². The van der Waals surface area contributed by atoms with Gasteiger partial charge in [-0.2, -0.15) is 0 Å². The van der Waals surface area contributed by atoms with Crippen LogP contribution in [0.15, 0.2) is 47.1 Å². The smallest absolute Gasteiger partial charge is 0.258 e. The Morgan fingerprint density at radius 3 is 2.83 bits per heavy atom. The van der Waals surface area contributed by atoms with Crippen molar-refractivity contribution in [3.05, 3.63) is 54.0 Å². The number of amides is 2. The fraction of sp³-hybridized carbons (Fsp3) is 0.294. The first-order valence-electron chi connectivity index (χ1n) is 7.39. The molecule has 6 nitrogen and oxygen atoms in total. The van der Waals surface area contributed by atoms with Crippen LogP contribution >= 0.6 is 0 Å². The van der Waals surface area contributed by atoms with Crippen LogP contribution in [0.4, 0.5) is 0 Å². The van der Waals surface area contributed by atoms with Crippen molar-refractivity contribution >= 4 is 11.8 Å². The first kappa shape index (κ1) is 16.6. The topological polar surface area (TPSA) is 94.6 Å². The summed E-state index contributed by atoms with van der Waals surface area (Å²) < 4.78 is 10.6. The molecule has 1 aromatic heterocycles. The fourth-order valence-corrected chi connectivity index (χ4v) is 2.09. The van der Waals surface area contributed by atoms with Crippen molar-refractivity contribution in [2.75, 3.05) is 6.61 Å². The number of rotatable bonds is 8. The Morgan fingerprint density at radius 1 is 1.30 bits per heavy atom. The Bertz CT molecular complexity index is 652. The molecule has 0 saturated carbocycles. The molecule has 1 atom stereocenters. The Kier molecular flexibility index (Phi) is 5.80. The number of carbonyl (C=O) groups excluding carboxylic acids is 2. The highest BCUT2D eigenvalue weighted by molar-refractivity contribution is 5.93. The third-order valence-corrected chi connectivity index (χ3v) is 3.30. The van der Waals surface area contributed by atoms with E-state index in [2.05, 4.69) is 5.32 Å². The van der Waals surface area contributed by atoms with Gasteiger partial charge >= 0.3 is 0 Å². The largest absolute Gasteiger partial charge is 0.484 e. The second-order valence-corrected chi connectivity index (χ2v) is 5.27. The summed E-state index contributed by atoms with van der Waals surface area (Å²) in [7, 11) is 0. The minimum absolute atomic E-state index is 0.00755. The number of aryl methyl sites for hydroxylation is 1. The molecule has 23 heavy (non-hydrogen) atoms. The van der Waals surface area contributed by atoms with E-state index in [9.17, 15) is 9.59 Å². The Balaban J connectivity index is 1.74. The van der Waals surface area contributed by atoms with Gasteiger partial charge in [-0.15, -0.1) is 0 Å². The zero-order chi connectivity index (χ0) is 16.7. The minimum atomic E-state index is -0.536. The lowest BCUT2D eigenvalue weighted by Crippen LogP contribution is -2.36. The fourth-order valence-electron chi connectivity index (χ4n) is 2.09. The molecule has 122 valence electrons. The van der Waals surface area contributed by atoms with E-state index in [1.807, 2.05) is 19.1 Å². The van der Waals surface area contributed by atoms with Gasteiger partial charge in [-0.25, -0.2) is 0 Å². The van der Waals surface area contributed by atoms with Gasteiger partial charge in [-0.1, -0.05) is 6.07 Å². The molecule has 1 aromatic carbocycles. The molecule has 0 unspecified atom stereocenters. The molecule has 0 fully saturated rings. The van der Waals surface area contributed by atoms with Gasteiger partial charge in [0.2, 0.25) is 5.91 Å². The van der Waals surface area contributed by atoms with E-state index in [0.29, 0.717) is 11.3 Å². The molecule has 3 N–H and O–H groups in total. The summed E-state index contributed by atoms with van der Waals surface area (Å²) in [4.78, 5) is 22.9. The number of primary amides is 1. The molecule has 0 bridgehead atoms. The third-order valence-electron chi connectivity index (χ3n) is 3.30. The number of nitrogens with two attached hydrogens (primary N) is 1. The van der Waals surface area contributed by atoms with E-state index in [1.54, 1.807) is 24.5 Å². The zero-order valence-electron chi connectivity index (χ0n) is 13.0. The Morgan fingerprint density at radius 2 is 2.13 bits per heavy atom. The number of hydrogen-bond acceptors (Lipinski definition) is 4. The summed E-state index contributed by atoms with van der Waals surface area (Å²) in [5, 5.41) is 2.85. The van der Waals surface area contributed by atoms with Crippen LogP contribution in [0, 0.1) is 0 Å². The molecule has 2 aromatic rings. The monoisotopic (exact) mass is 316 g/mol. The van der Waals surface area contributed by atoms with Crippen LogP contribution in [0.2, 0.25) is 0 Å². The van der Waals surface area contributed by atoms with E-state index in [1.165, 1.54) is 6.07 Å². The van der Waals surface area contributed by atoms with Crippen molar-refractivity contribution in [3.63, 3.8) is 0 Å². The van der Waals surface area contributed by atoms with Crippen LogP contribution in [-0.4, -0.2) is 24.5 Å². The van der Waals surface area contributed by atoms with Crippen molar-refractivity contribution in [2.24, 2.45) is 5.73 Å². The summed E-state index contributed by atoms with van der Waals surface area (Å²) >= 11 is 0. The number of benzene rings is 1. The quantitative estimate of drug-likeness (QED) is 0.777. The van der Waals surface area contributed by atoms with Gasteiger partial charge in [0.1, 0.15) is 11.5 Å². The van der Waals surface area contributed by atoms with E-state index < -0.39 is 5.91 Å². The van der Waals surface area contributed by atoms with Gasteiger partial charge in [0.25, 0.3) is 5.91 Å². The van der Waals surface area contributed by atoms with Gasteiger partial charge in [0.15, 0.2) is 6.61 Å². The second-order valence-electron chi connectivity index (χ2n) is 5.27. The lowest BCUT2D eigenvalue weighted by Gasteiger charge is -2.13. The normalized spacial score (nSPS) is 11.7. The number of hydrogen-bond donors (Lipinski definition) is 2. The maximum atomic E-state index is 11.9. The number of furan rings is 1. The number of carbonyl (C=O) groups is 2. The molecule has 0 spiro atoms. The molecule has 0 radical (unpaired) electrons. The van der Waals surface area contributed by atoms with E-state index in [4.69, 9.17) is 14.9 Å².